The molecule has 0 aliphatic carbocycles. The quantitative estimate of drug-likeness (QED) is 0.805. The number of nitrogens with one attached hydrogen (secondary N) is 1. The summed E-state index contributed by atoms with van der Waals surface area (Å²) in [4.78, 5) is 16.4. The van der Waals surface area contributed by atoms with Crippen LogP contribution in [0, 0.1) is 0 Å². The van der Waals surface area contributed by atoms with E-state index in [1.165, 1.54) is 12.3 Å². The SMILES string of the molecule is CCn1c(NC(=O)c2ccon2)nc2cc(Cl)ccc21. The average Bonchev–Trinajstić information content (AvgIpc) is 3.04. The van der Waals surface area contributed by atoms with Crippen LogP contribution in [0.1, 0.15) is 17.4 Å². The first-order valence-electron chi connectivity index (χ1n) is 6.06. The predicted molar refractivity (Wildman–Crippen MR) is 74.9 cm³/mol. The number of halogens is 1. The van der Waals surface area contributed by atoms with Gasteiger partial charge < -0.3 is 9.09 Å². The summed E-state index contributed by atoms with van der Waals surface area (Å²) in [7, 11) is 0. The van der Waals surface area contributed by atoms with Gasteiger partial charge in [-0.3, -0.25) is 10.1 Å². The molecule has 1 N–H and O–H groups in total. The summed E-state index contributed by atoms with van der Waals surface area (Å²) < 4.78 is 6.54. The van der Waals surface area contributed by atoms with Crippen molar-refractivity contribution in [1.29, 1.82) is 0 Å². The number of aromatic nitrogens is 3. The number of anilines is 1. The molecule has 0 bridgehead atoms. The number of nitrogens with zero attached hydrogens (tertiary/aromatic N) is 3. The van der Waals surface area contributed by atoms with Crippen molar-refractivity contribution >= 4 is 34.5 Å². The predicted octanol–water partition coefficient (Wildman–Crippen LogP) is 2.95. The van der Waals surface area contributed by atoms with Crippen molar-refractivity contribution < 1.29 is 9.32 Å². The molecule has 2 aromatic heterocycles. The second-order valence-corrected chi connectivity index (χ2v) is 4.59. The van der Waals surface area contributed by atoms with E-state index in [0.717, 1.165) is 11.0 Å². The Morgan fingerprint density at radius 3 is 3.00 bits per heavy atom. The first kappa shape index (κ1) is 12.7. The third-order valence-corrected chi connectivity index (χ3v) is 3.16. The standard InChI is InChI=1S/C13H11ClN4O2/c1-2-18-11-4-3-8(14)7-10(11)15-13(18)16-12(19)9-5-6-20-17-9/h3-7H,2H2,1H3,(H,15,16,19). The second kappa shape index (κ2) is 4.97. The molecular weight excluding hydrogens is 280 g/mol. The fraction of sp³-hybridized carbons (Fsp3) is 0.154. The zero-order valence-electron chi connectivity index (χ0n) is 10.6. The van der Waals surface area contributed by atoms with E-state index >= 15 is 0 Å². The molecule has 0 radical (unpaired) electrons. The maximum Gasteiger partial charge on any atom is 0.280 e. The minimum absolute atomic E-state index is 0.206. The lowest BCUT2D eigenvalue weighted by atomic mass is 10.3. The minimum Gasteiger partial charge on any atom is -0.364 e. The first-order valence-corrected chi connectivity index (χ1v) is 6.44. The van der Waals surface area contributed by atoms with Crippen molar-refractivity contribution in [2.24, 2.45) is 0 Å². The number of hydrogen-bond acceptors (Lipinski definition) is 4. The molecule has 0 aliphatic rings. The number of benzene rings is 1. The van der Waals surface area contributed by atoms with Gasteiger partial charge in [0.25, 0.3) is 5.91 Å². The highest BCUT2D eigenvalue weighted by Crippen LogP contribution is 2.23. The van der Waals surface area contributed by atoms with Crippen LogP contribution in [0.5, 0.6) is 0 Å². The van der Waals surface area contributed by atoms with Gasteiger partial charge in [0.1, 0.15) is 6.26 Å². The summed E-state index contributed by atoms with van der Waals surface area (Å²) in [6.45, 7) is 2.65. The molecule has 20 heavy (non-hydrogen) atoms. The molecule has 2 heterocycles. The molecule has 3 aromatic rings. The lowest BCUT2D eigenvalue weighted by Gasteiger charge is -2.05. The zero-order valence-corrected chi connectivity index (χ0v) is 11.4. The lowest BCUT2D eigenvalue weighted by Crippen LogP contribution is -2.16. The molecule has 0 fully saturated rings. The van der Waals surface area contributed by atoms with Crippen LogP contribution in [0.25, 0.3) is 11.0 Å². The largest absolute Gasteiger partial charge is 0.364 e. The number of amides is 1. The molecule has 0 aliphatic heterocycles. The van der Waals surface area contributed by atoms with Crippen LogP contribution < -0.4 is 5.32 Å². The van der Waals surface area contributed by atoms with Crippen molar-refractivity contribution in [3.05, 3.63) is 41.2 Å². The van der Waals surface area contributed by atoms with Gasteiger partial charge in [0, 0.05) is 17.6 Å². The number of hydrogen-bond donors (Lipinski definition) is 1. The Hall–Kier alpha value is -2.34. The number of carbonyl (C=O) groups is 1. The molecule has 0 saturated carbocycles. The van der Waals surface area contributed by atoms with E-state index in [2.05, 4.69) is 20.0 Å². The number of rotatable bonds is 3. The third-order valence-electron chi connectivity index (χ3n) is 2.92. The number of fused-ring (bicyclic) bond motifs is 1. The van der Waals surface area contributed by atoms with Crippen molar-refractivity contribution in [3.63, 3.8) is 0 Å². The van der Waals surface area contributed by atoms with Gasteiger partial charge in [-0.05, 0) is 25.1 Å². The molecular formula is C13H11ClN4O2. The van der Waals surface area contributed by atoms with Crippen molar-refractivity contribution in [3.8, 4) is 0 Å². The maximum atomic E-state index is 12.0. The van der Waals surface area contributed by atoms with E-state index in [4.69, 9.17) is 11.6 Å². The normalized spacial score (nSPS) is 10.9. The van der Waals surface area contributed by atoms with Crippen LogP contribution >= 0.6 is 11.6 Å². The smallest absolute Gasteiger partial charge is 0.280 e. The Balaban J connectivity index is 2.00. The van der Waals surface area contributed by atoms with Crippen LogP contribution in [0.2, 0.25) is 5.02 Å². The molecule has 1 aromatic carbocycles. The van der Waals surface area contributed by atoms with E-state index in [-0.39, 0.29) is 11.6 Å². The molecule has 6 nitrogen and oxygen atoms in total. The lowest BCUT2D eigenvalue weighted by molar-refractivity contribution is 0.101. The molecule has 0 saturated heterocycles. The molecule has 7 heteroatoms. The van der Waals surface area contributed by atoms with Gasteiger partial charge >= 0.3 is 0 Å². The van der Waals surface area contributed by atoms with Crippen LogP contribution in [0.15, 0.2) is 35.1 Å². The Bertz CT molecular complexity index is 764. The van der Waals surface area contributed by atoms with Crippen LogP contribution in [-0.2, 0) is 6.54 Å². The summed E-state index contributed by atoms with van der Waals surface area (Å²) in [5, 5.41) is 6.92. The van der Waals surface area contributed by atoms with Crippen molar-refractivity contribution in [2.45, 2.75) is 13.5 Å². The van der Waals surface area contributed by atoms with Crippen molar-refractivity contribution in [2.75, 3.05) is 5.32 Å². The Morgan fingerprint density at radius 2 is 2.30 bits per heavy atom. The van der Waals surface area contributed by atoms with Crippen LogP contribution in [0.3, 0.4) is 0 Å². The summed E-state index contributed by atoms with van der Waals surface area (Å²) in [6, 6.07) is 6.92. The van der Waals surface area contributed by atoms with Crippen LogP contribution in [0.4, 0.5) is 5.95 Å². The van der Waals surface area contributed by atoms with Gasteiger partial charge in [-0.2, -0.15) is 0 Å². The molecule has 0 atom stereocenters. The van der Waals surface area contributed by atoms with E-state index < -0.39 is 0 Å². The van der Waals surface area contributed by atoms with E-state index in [1.807, 2.05) is 17.6 Å². The molecule has 3 rings (SSSR count). The zero-order chi connectivity index (χ0) is 14.1. The van der Waals surface area contributed by atoms with E-state index in [0.29, 0.717) is 17.5 Å². The van der Waals surface area contributed by atoms with Gasteiger partial charge in [-0.1, -0.05) is 16.8 Å². The summed E-state index contributed by atoms with van der Waals surface area (Å²) in [5.74, 6) is 0.0904. The third kappa shape index (κ3) is 2.14. The summed E-state index contributed by atoms with van der Waals surface area (Å²) in [6.07, 6.45) is 1.34. The summed E-state index contributed by atoms with van der Waals surface area (Å²) in [5.41, 5.74) is 1.85. The fourth-order valence-corrected chi connectivity index (χ4v) is 2.18. The highest BCUT2D eigenvalue weighted by Gasteiger charge is 2.15. The monoisotopic (exact) mass is 290 g/mol. The second-order valence-electron chi connectivity index (χ2n) is 4.15. The number of imidazole rings is 1. The van der Waals surface area contributed by atoms with Crippen molar-refractivity contribution in [1.82, 2.24) is 14.7 Å². The topological polar surface area (TPSA) is 73.0 Å². The van der Waals surface area contributed by atoms with E-state index in [9.17, 15) is 4.79 Å². The van der Waals surface area contributed by atoms with Gasteiger partial charge in [-0.25, -0.2) is 4.98 Å². The summed E-state index contributed by atoms with van der Waals surface area (Å²) >= 11 is 5.95. The van der Waals surface area contributed by atoms with Gasteiger partial charge in [0.05, 0.1) is 11.0 Å². The highest BCUT2D eigenvalue weighted by atomic mass is 35.5. The maximum absolute atomic E-state index is 12.0. The molecule has 102 valence electrons. The van der Waals surface area contributed by atoms with Gasteiger partial charge in [0.2, 0.25) is 5.95 Å². The highest BCUT2D eigenvalue weighted by molar-refractivity contribution is 6.31. The minimum atomic E-state index is -0.366. The van der Waals surface area contributed by atoms with E-state index in [1.54, 1.807) is 12.1 Å². The van der Waals surface area contributed by atoms with Crippen LogP contribution in [-0.4, -0.2) is 20.6 Å². The molecule has 0 unspecified atom stereocenters. The molecule has 0 spiro atoms. The first-order chi connectivity index (χ1) is 9.69. The Morgan fingerprint density at radius 1 is 1.45 bits per heavy atom. The molecule has 1 amide bonds. The Kier molecular flexibility index (Phi) is 3.15. The van der Waals surface area contributed by atoms with Gasteiger partial charge in [0.15, 0.2) is 5.69 Å². The van der Waals surface area contributed by atoms with Gasteiger partial charge in [-0.15, -0.1) is 0 Å². The fourth-order valence-electron chi connectivity index (χ4n) is 2.01. The number of aryl methyl sites for hydroxylation is 1. The number of carbonyl (C=O) groups excluding carboxylic acids is 1. The average molecular weight is 291 g/mol. The Labute approximate surface area is 119 Å².